The fourth-order valence-electron chi connectivity index (χ4n) is 2.21. The van der Waals surface area contributed by atoms with E-state index in [2.05, 4.69) is 5.32 Å². The van der Waals surface area contributed by atoms with Crippen LogP contribution < -0.4 is 14.8 Å². The Labute approximate surface area is 157 Å². The van der Waals surface area contributed by atoms with Gasteiger partial charge in [-0.3, -0.25) is 4.79 Å². The van der Waals surface area contributed by atoms with E-state index < -0.39 is 24.3 Å². The SMILES string of the molecule is O=C(COC(=O)c1cc(F)c(Cl)cc1Cl)Nc1ccc2c(c1)OCCO2. The highest BCUT2D eigenvalue weighted by molar-refractivity contribution is 6.36. The molecule has 0 bridgehead atoms. The van der Waals surface area contributed by atoms with Crippen molar-refractivity contribution >= 4 is 40.8 Å². The van der Waals surface area contributed by atoms with Gasteiger partial charge in [0.1, 0.15) is 19.0 Å². The highest BCUT2D eigenvalue weighted by Crippen LogP contribution is 2.32. The molecule has 0 saturated heterocycles. The molecule has 3 rings (SSSR count). The van der Waals surface area contributed by atoms with Gasteiger partial charge in [0.05, 0.1) is 15.6 Å². The van der Waals surface area contributed by atoms with Gasteiger partial charge in [0.15, 0.2) is 18.1 Å². The molecule has 1 aliphatic rings. The van der Waals surface area contributed by atoms with E-state index >= 15 is 0 Å². The van der Waals surface area contributed by atoms with Gasteiger partial charge in [0.2, 0.25) is 0 Å². The summed E-state index contributed by atoms with van der Waals surface area (Å²) in [6.07, 6.45) is 0. The Morgan fingerprint density at radius 3 is 2.58 bits per heavy atom. The van der Waals surface area contributed by atoms with Crippen LogP contribution in [0.25, 0.3) is 0 Å². The van der Waals surface area contributed by atoms with Crippen molar-refractivity contribution < 1.29 is 28.2 Å². The molecule has 0 atom stereocenters. The zero-order valence-corrected chi connectivity index (χ0v) is 14.7. The minimum Gasteiger partial charge on any atom is -0.486 e. The average molecular weight is 400 g/mol. The van der Waals surface area contributed by atoms with Crippen molar-refractivity contribution in [3.05, 3.63) is 51.8 Å². The van der Waals surface area contributed by atoms with Gasteiger partial charge < -0.3 is 19.5 Å². The Balaban J connectivity index is 1.59. The molecule has 1 aliphatic heterocycles. The van der Waals surface area contributed by atoms with Crippen LogP contribution in [0.1, 0.15) is 10.4 Å². The van der Waals surface area contributed by atoms with E-state index in [-0.39, 0.29) is 15.6 Å². The fourth-order valence-corrected chi connectivity index (χ4v) is 2.67. The predicted octanol–water partition coefficient (Wildman–Crippen LogP) is 3.70. The molecule has 1 N–H and O–H groups in total. The van der Waals surface area contributed by atoms with Crippen LogP contribution in [0.5, 0.6) is 11.5 Å². The first-order chi connectivity index (χ1) is 12.4. The monoisotopic (exact) mass is 399 g/mol. The lowest BCUT2D eigenvalue weighted by molar-refractivity contribution is -0.119. The summed E-state index contributed by atoms with van der Waals surface area (Å²) >= 11 is 11.4. The molecule has 0 aliphatic carbocycles. The predicted molar refractivity (Wildman–Crippen MR) is 92.8 cm³/mol. The Morgan fingerprint density at radius 2 is 1.81 bits per heavy atom. The number of benzene rings is 2. The number of rotatable bonds is 4. The summed E-state index contributed by atoms with van der Waals surface area (Å²) in [5.74, 6) is -1.25. The molecule has 26 heavy (non-hydrogen) atoms. The number of carbonyl (C=O) groups is 2. The molecule has 9 heteroatoms. The third-order valence-electron chi connectivity index (χ3n) is 3.39. The van der Waals surface area contributed by atoms with Gasteiger partial charge in [-0.15, -0.1) is 0 Å². The lowest BCUT2D eigenvalue weighted by Crippen LogP contribution is -2.21. The first kappa shape index (κ1) is 18.3. The normalized spacial score (nSPS) is 12.4. The maximum atomic E-state index is 13.4. The molecule has 1 heterocycles. The van der Waals surface area contributed by atoms with Gasteiger partial charge in [-0.2, -0.15) is 0 Å². The van der Waals surface area contributed by atoms with Crippen LogP contribution in [0.4, 0.5) is 10.1 Å². The van der Waals surface area contributed by atoms with Gasteiger partial charge in [0.25, 0.3) is 5.91 Å². The third-order valence-corrected chi connectivity index (χ3v) is 3.99. The van der Waals surface area contributed by atoms with E-state index in [1.54, 1.807) is 18.2 Å². The molecule has 2 aromatic carbocycles. The van der Waals surface area contributed by atoms with Crippen molar-refractivity contribution in [3.63, 3.8) is 0 Å². The Hall–Kier alpha value is -2.51. The van der Waals surface area contributed by atoms with Crippen LogP contribution in [0.2, 0.25) is 10.0 Å². The molecule has 0 fully saturated rings. The van der Waals surface area contributed by atoms with Crippen LogP contribution in [-0.4, -0.2) is 31.7 Å². The van der Waals surface area contributed by atoms with Gasteiger partial charge >= 0.3 is 5.97 Å². The second kappa shape index (κ2) is 7.80. The van der Waals surface area contributed by atoms with Crippen molar-refractivity contribution in [2.45, 2.75) is 0 Å². The van der Waals surface area contributed by atoms with Gasteiger partial charge in [-0.05, 0) is 24.3 Å². The molecule has 0 spiro atoms. The second-order valence-electron chi connectivity index (χ2n) is 5.23. The summed E-state index contributed by atoms with van der Waals surface area (Å²) in [4.78, 5) is 23.9. The van der Waals surface area contributed by atoms with E-state index in [1.807, 2.05) is 0 Å². The maximum Gasteiger partial charge on any atom is 0.340 e. The number of fused-ring (bicyclic) bond motifs is 1. The number of nitrogens with one attached hydrogen (secondary N) is 1. The van der Waals surface area contributed by atoms with Gasteiger partial charge in [-0.25, -0.2) is 9.18 Å². The standard InChI is InChI=1S/C17H12Cl2FNO5/c18-11-7-12(19)13(20)6-10(11)17(23)26-8-16(22)21-9-1-2-14-15(5-9)25-4-3-24-14/h1-2,5-7H,3-4,8H2,(H,21,22). The van der Waals surface area contributed by atoms with Crippen LogP contribution in [0.3, 0.4) is 0 Å². The Morgan fingerprint density at radius 1 is 1.08 bits per heavy atom. The number of anilines is 1. The molecule has 0 aromatic heterocycles. The highest BCUT2D eigenvalue weighted by Gasteiger charge is 2.17. The highest BCUT2D eigenvalue weighted by atomic mass is 35.5. The molecule has 0 unspecified atom stereocenters. The number of amides is 1. The minimum atomic E-state index is -0.942. The van der Waals surface area contributed by atoms with Crippen molar-refractivity contribution in [1.82, 2.24) is 0 Å². The lowest BCUT2D eigenvalue weighted by atomic mass is 10.2. The van der Waals surface area contributed by atoms with E-state index in [1.165, 1.54) is 0 Å². The molecule has 1 amide bonds. The maximum absolute atomic E-state index is 13.4. The number of halogens is 3. The Kier molecular flexibility index (Phi) is 5.49. The summed E-state index contributed by atoms with van der Waals surface area (Å²) in [7, 11) is 0. The first-order valence-electron chi connectivity index (χ1n) is 7.45. The lowest BCUT2D eigenvalue weighted by Gasteiger charge is -2.19. The average Bonchev–Trinajstić information content (AvgIpc) is 2.62. The van der Waals surface area contributed by atoms with Gasteiger partial charge in [0, 0.05) is 11.8 Å². The number of ether oxygens (including phenoxy) is 3. The molecule has 0 saturated carbocycles. The number of carbonyl (C=O) groups excluding carboxylic acids is 2. The van der Waals surface area contributed by atoms with Crippen molar-refractivity contribution in [2.24, 2.45) is 0 Å². The third kappa shape index (κ3) is 4.17. The van der Waals surface area contributed by atoms with Crippen molar-refractivity contribution in [3.8, 4) is 11.5 Å². The van der Waals surface area contributed by atoms with Crippen LogP contribution in [-0.2, 0) is 9.53 Å². The zero-order chi connectivity index (χ0) is 18.7. The molecule has 6 nitrogen and oxygen atoms in total. The van der Waals surface area contributed by atoms with Crippen LogP contribution in [0, 0.1) is 5.82 Å². The van der Waals surface area contributed by atoms with Crippen LogP contribution >= 0.6 is 23.2 Å². The number of hydrogen-bond acceptors (Lipinski definition) is 5. The summed E-state index contributed by atoms with van der Waals surface area (Å²) < 4.78 is 29.1. The molecular weight excluding hydrogens is 388 g/mol. The first-order valence-corrected chi connectivity index (χ1v) is 8.21. The van der Waals surface area contributed by atoms with E-state index in [4.69, 9.17) is 37.4 Å². The largest absolute Gasteiger partial charge is 0.486 e. The molecule has 2 aromatic rings. The minimum absolute atomic E-state index is 0.0753. The molecule has 136 valence electrons. The molecular formula is C17H12Cl2FNO5. The van der Waals surface area contributed by atoms with E-state index in [0.29, 0.717) is 30.4 Å². The second-order valence-corrected chi connectivity index (χ2v) is 6.04. The number of hydrogen-bond donors (Lipinski definition) is 1. The quantitative estimate of drug-likeness (QED) is 0.626. The Bertz CT molecular complexity index is 874. The van der Waals surface area contributed by atoms with Crippen molar-refractivity contribution in [2.75, 3.05) is 25.1 Å². The number of esters is 1. The smallest absolute Gasteiger partial charge is 0.340 e. The molecule has 0 radical (unpaired) electrons. The van der Waals surface area contributed by atoms with Crippen LogP contribution in [0.15, 0.2) is 30.3 Å². The van der Waals surface area contributed by atoms with Crippen molar-refractivity contribution in [1.29, 1.82) is 0 Å². The summed E-state index contributed by atoms with van der Waals surface area (Å²) in [6, 6.07) is 6.82. The zero-order valence-electron chi connectivity index (χ0n) is 13.2. The fraction of sp³-hybridized carbons (Fsp3) is 0.176. The summed E-state index contributed by atoms with van der Waals surface area (Å²) in [6.45, 7) is 0.302. The van der Waals surface area contributed by atoms with E-state index in [9.17, 15) is 14.0 Å². The topological polar surface area (TPSA) is 73.9 Å². The summed E-state index contributed by atoms with van der Waals surface area (Å²) in [5.41, 5.74) is 0.228. The summed E-state index contributed by atoms with van der Waals surface area (Å²) in [5, 5.41) is 2.26. The van der Waals surface area contributed by atoms with E-state index in [0.717, 1.165) is 12.1 Å². The van der Waals surface area contributed by atoms with Gasteiger partial charge in [-0.1, -0.05) is 23.2 Å².